The average molecular weight is 294 g/mol. The number of nitrogens with zero attached hydrogens (tertiary/aromatic N) is 1. The molecule has 1 aliphatic rings. The molecule has 1 saturated carbocycles. The van der Waals surface area contributed by atoms with Crippen LogP contribution in [0.4, 0.5) is 4.39 Å². The van der Waals surface area contributed by atoms with Crippen LogP contribution < -0.4 is 10.5 Å². The molecule has 2 N–H and O–H groups in total. The lowest BCUT2D eigenvalue weighted by atomic mass is 9.93. The zero-order chi connectivity index (χ0) is 15.2. The molecule has 0 heterocycles. The lowest BCUT2D eigenvalue weighted by Crippen LogP contribution is -2.44. The van der Waals surface area contributed by atoms with Crippen molar-refractivity contribution in [3.05, 3.63) is 29.6 Å². The van der Waals surface area contributed by atoms with Gasteiger partial charge in [-0.15, -0.1) is 0 Å². The van der Waals surface area contributed by atoms with E-state index in [2.05, 4.69) is 0 Å². The Balaban J connectivity index is 2.29. The number of hydrogen-bond donors (Lipinski definition) is 1. The van der Waals surface area contributed by atoms with Crippen LogP contribution in [0.15, 0.2) is 18.2 Å². The number of carbonyl (C=O) groups is 1. The molecule has 5 heteroatoms. The summed E-state index contributed by atoms with van der Waals surface area (Å²) in [4.78, 5) is 14.5. The van der Waals surface area contributed by atoms with Gasteiger partial charge >= 0.3 is 0 Å². The Kier molecular flexibility index (Phi) is 5.56. The third-order valence-electron chi connectivity index (χ3n) is 4.06. The minimum Gasteiger partial charge on any atom is -0.496 e. The number of ether oxygens (including phenoxy) is 1. The van der Waals surface area contributed by atoms with Crippen LogP contribution in [0.2, 0.25) is 0 Å². The zero-order valence-corrected chi connectivity index (χ0v) is 12.5. The third-order valence-corrected chi connectivity index (χ3v) is 4.06. The van der Waals surface area contributed by atoms with E-state index in [1.807, 2.05) is 0 Å². The van der Waals surface area contributed by atoms with Crippen LogP contribution in [-0.4, -0.2) is 37.0 Å². The highest BCUT2D eigenvalue weighted by atomic mass is 19.1. The van der Waals surface area contributed by atoms with Gasteiger partial charge in [0.2, 0.25) is 0 Å². The van der Waals surface area contributed by atoms with Crippen LogP contribution in [0.1, 0.15) is 42.5 Å². The van der Waals surface area contributed by atoms with Crippen molar-refractivity contribution in [2.45, 2.75) is 38.1 Å². The van der Waals surface area contributed by atoms with Crippen molar-refractivity contribution in [2.75, 3.05) is 20.2 Å². The van der Waals surface area contributed by atoms with Gasteiger partial charge in [0.15, 0.2) is 0 Å². The molecule has 116 valence electrons. The maximum atomic E-state index is 14.1. The van der Waals surface area contributed by atoms with Crippen LogP contribution in [0, 0.1) is 5.82 Å². The number of nitrogens with two attached hydrogens (primary N) is 1. The average Bonchev–Trinajstić information content (AvgIpc) is 2.52. The molecular formula is C16H23FN2O2. The Labute approximate surface area is 125 Å². The highest BCUT2D eigenvalue weighted by molar-refractivity contribution is 5.97. The normalized spacial score (nSPS) is 15.8. The maximum Gasteiger partial charge on any atom is 0.260 e. The molecule has 4 nitrogen and oxygen atoms in total. The number of halogens is 1. The SMILES string of the molecule is COc1cccc(F)c1C(=O)N(CCN)C1CCCCC1. The van der Waals surface area contributed by atoms with Gasteiger partial charge in [-0.1, -0.05) is 25.3 Å². The Morgan fingerprint density at radius 2 is 2.10 bits per heavy atom. The highest BCUT2D eigenvalue weighted by Crippen LogP contribution is 2.28. The van der Waals surface area contributed by atoms with Gasteiger partial charge in [0.1, 0.15) is 17.1 Å². The van der Waals surface area contributed by atoms with Gasteiger partial charge in [0, 0.05) is 19.1 Å². The smallest absolute Gasteiger partial charge is 0.260 e. The second-order valence-electron chi connectivity index (χ2n) is 5.40. The molecule has 0 spiro atoms. The summed E-state index contributed by atoms with van der Waals surface area (Å²) < 4.78 is 19.2. The predicted molar refractivity (Wildman–Crippen MR) is 79.9 cm³/mol. The number of hydrogen-bond acceptors (Lipinski definition) is 3. The van der Waals surface area contributed by atoms with E-state index < -0.39 is 5.82 Å². The Morgan fingerprint density at radius 3 is 2.71 bits per heavy atom. The summed E-state index contributed by atoms with van der Waals surface area (Å²) in [5.74, 6) is -0.586. The molecule has 0 unspecified atom stereocenters. The van der Waals surface area contributed by atoms with Crippen molar-refractivity contribution >= 4 is 5.91 Å². The molecule has 0 bridgehead atoms. The first-order chi connectivity index (χ1) is 10.2. The van der Waals surface area contributed by atoms with Crippen LogP contribution in [0.3, 0.4) is 0 Å². The minimum absolute atomic E-state index is 0.0130. The summed E-state index contributed by atoms with van der Waals surface area (Å²) in [6.07, 6.45) is 5.33. The highest BCUT2D eigenvalue weighted by Gasteiger charge is 2.29. The van der Waals surface area contributed by atoms with E-state index in [-0.39, 0.29) is 23.3 Å². The largest absolute Gasteiger partial charge is 0.496 e. The van der Waals surface area contributed by atoms with Gasteiger partial charge < -0.3 is 15.4 Å². The number of amides is 1. The zero-order valence-electron chi connectivity index (χ0n) is 12.5. The summed E-state index contributed by atoms with van der Waals surface area (Å²) in [6, 6.07) is 4.59. The number of rotatable bonds is 5. The molecule has 0 radical (unpaired) electrons. The monoisotopic (exact) mass is 294 g/mol. The Morgan fingerprint density at radius 1 is 1.38 bits per heavy atom. The molecule has 1 aromatic rings. The van der Waals surface area contributed by atoms with Crippen molar-refractivity contribution in [2.24, 2.45) is 5.73 Å². The van der Waals surface area contributed by atoms with E-state index in [0.29, 0.717) is 13.1 Å². The molecular weight excluding hydrogens is 271 g/mol. The van der Waals surface area contributed by atoms with Gasteiger partial charge in [-0.25, -0.2) is 4.39 Å². The van der Waals surface area contributed by atoms with E-state index in [1.54, 1.807) is 17.0 Å². The molecule has 1 aliphatic carbocycles. The third kappa shape index (κ3) is 3.53. The van der Waals surface area contributed by atoms with Crippen molar-refractivity contribution in [3.8, 4) is 5.75 Å². The second kappa shape index (κ2) is 7.41. The molecule has 1 amide bonds. The fourth-order valence-electron chi connectivity index (χ4n) is 3.01. The van der Waals surface area contributed by atoms with Crippen molar-refractivity contribution in [3.63, 3.8) is 0 Å². The summed E-state index contributed by atoms with van der Waals surface area (Å²) in [5, 5.41) is 0. The summed E-state index contributed by atoms with van der Waals surface area (Å²) in [6.45, 7) is 0.819. The first-order valence-electron chi connectivity index (χ1n) is 7.52. The molecule has 2 rings (SSSR count). The second-order valence-corrected chi connectivity index (χ2v) is 5.40. The van der Waals surface area contributed by atoms with Crippen molar-refractivity contribution < 1.29 is 13.9 Å². The first-order valence-corrected chi connectivity index (χ1v) is 7.52. The molecule has 0 aromatic heterocycles. The number of carbonyl (C=O) groups excluding carboxylic acids is 1. The van der Waals surface area contributed by atoms with Crippen molar-refractivity contribution in [1.82, 2.24) is 4.90 Å². The fraction of sp³-hybridized carbons (Fsp3) is 0.562. The first kappa shape index (κ1) is 15.8. The minimum atomic E-state index is -0.544. The molecule has 0 saturated heterocycles. The van der Waals surface area contributed by atoms with Crippen LogP contribution in [0.25, 0.3) is 0 Å². The summed E-state index contributed by atoms with van der Waals surface area (Å²) in [7, 11) is 1.44. The molecule has 21 heavy (non-hydrogen) atoms. The topological polar surface area (TPSA) is 55.6 Å². The van der Waals surface area contributed by atoms with Crippen LogP contribution in [-0.2, 0) is 0 Å². The van der Waals surface area contributed by atoms with E-state index in [4.69, 9.17) is 10.5 Å². The van der Waals surface area contributed by atoms with Gasteiger partial charge in [0.25, 0.3) is 5.91 Å². The molecule has 0 atom stereocenters. The quantitative estimate of drug-likeness (QED) is 0.908. The summed E-state index contributed by atoms with van der Waals surface area (Å²) in [5.41, 5.74) is 5.65. The van der Waals surface area contributed by atoms with E-state index in [0.717, 1.165) is 25.7 Å². The van der Waals surface area contributed by atoms with E-state index in [9.17, 15) is 9.18 Å². The van der Waals surface area contributed by atoms with Gasteiger partial charge in [0.05, 0.1) is 7.11 Å². The van der Waals surface area contributed by atoms with Gasteiger partial charge in [-0.2, -0.15) is 0 Å². The van der Waals surface area contributed by atoms with Crippen molar-refractivity contribution in [1.29, 1.82) is 0 Å². The molecule has 1 fully saturated rings. The van der Waals surface area contributed by atoms with Gasteiger partial charge in [-0.3, -0.25) is 4.79 Å². The maximum absolute atomic E-state index is 14.1. The van der Waals surface area contributed by atoms with Crippen LogP contribution in [0.5, 0.6) is 5.75 Å². The van der Waals surface area contributed by atoms with E-state index in [1.165, 1.54) is 19.6 Å². The Bertz CT molecular complexity index is 487. The predicted octanol–water partition coefficient (Wildman–Crippen LogP) is 2.57. The lowest BCUT2D eigenvalue weighted by molar-refractivity contribution is 0.0633. The van der Waals surface area contributed by atoms with E-state index >= 15 is 0 Å². The molecule has 0 aliphatic heterocycles. The van der Waals surface area contributed by atoms with Gasteiger partial charge in [-0.05, 0) is 25.0 Å². The number of methoxy groups -OCH3 is 1. The Hall–Kier alpha value is -1.62. The fourth-order valence-corrected chi connectivity index (χ4v) is 3.01. The summed E-state index contributed by atoms with van der Waals surface area (Å²) >= 11 is 0. The number of benzene rings is 1. The lowest BCUT2D eigenvalue weighted by Gasteiger charge is -2.34. The standard InChI is InChI=1S/C16H23FN2O2/c1-21-14-9-5-8-13(17)15(14)16(20)19(11-10-18)12-6-3-2-4-7-12/h5,8-9,12H,2-4,6-7,10-11,18H2,1H3. The van der Waals surface area contributed by atoms with Crippen LogP contribution >= 0.6 is 0 Å². The molecule has 1 aromatic carbocycles.